The lowest BCUT2D eigenvalue weighted by atomic mass is 9.84. The van der Waals surface area contributed by atoms with E-state index in [2.05, 4.69) is 5.16 Å². The molecule has 1 atom stereocenters. The van der Waals surface area contributed by atoms with Crippen LogP contribution < -0.4 is 5.73 Å². The summed E-state index contributed by atoms with van der Waals surface area (Å²) in [5.74, 6) is -0.484. The van der Waals surface area contributed by atoms with Crippen molar-refractivity contribution < 1.29 is 14.8 Å². The molecule has 1 rings (SSSR count). The summed E-state index contributed by atoms with van der Waals surface area (Å²) in [6.07, 6.45) is 1.13. The van der Waals surface area contributed by atoms with Gasteiger partial charge in [-0.1, -0.05) is 12.1 Å². The van der Waals surface area contributed by atoms with Crippen LogP contribution in [0.25, 0.3) is 0 Å². The lowest BCUT2D eigenvalue weighted by Gasteiger charge is -2.31. The van der Waals surface area contributed by atoms with Gasteiger partial charge in [0.15, 0.2) is 5.84 Å². The topological polar surface area (TPSA) is 99.2 Å². The molecule has 0 saturated carbocycles. The van der Waals surface area contributed by atoms with Crippen molar-refractivity contribution >= 4 is 17.6 Å². The van der Waals surface area contributed by atoms with Gasteiger partial charge in [0.1, 0.15) is 5.41 Å². The Labute approximate surface area is 113 Å². The third-order valence-corrected chi connectivity index (χ3v) is 3.81. The highest BCUT2D eigenvalue weighted by Crippen LogP contribution is 2.25. The molecule has 7 heteroatoms. The summed E-state index contributed by atoms with van der Waals surface area (Å²) in [6, 6.07) is 0. The van der Waals surface area contributed by atoms with Crippen LogP contribution in [0.4, 0.5) is 0 Å². The number of rotatable bonds is 3. The van der Waals surface area contributed by atoms with E-state index in [-0.39, 0.29) is 24.2 Å². The summed E-state index contributed by atoms with van der Waals surface area (Å²) in [5, 5.41) is 11.8. The first-order valence-corrected chi connectivity index (χ1v) is 6.38. The molecule has 0 radical (unpaired) electrons. The van der Waals surface area contributed by atoms with Crippen molar-refractivity contribution in [3.8, 4) is 0 Å². The van der Waals surface area contributed by atoms with Crippen LogP contribution in [0.15, 0.2) is 5.16 Å². The number of likely N-dealkylation sites (N-methyl/N-ethyl adjacent to an activating group) is 1. The van der Waals surface area contributed by atoms with Gasteiger partial charge >= 0.3 is 0 Å². The lowest BCUT2D eigenvalue weighted by molar-refractivity contribution is -0.142. The first kappa shape index (κ1) is 15.3. The Morgan fingerprint density at radius 1 is 1.53 bits per heavy atom. The van der Waals surface area contributed by atoms with Gasteiger partial charge in [0.2, 0.25) is 11.8 Å². The molecule has 1 aliphatic heterocycles. The standard InChI is InChI=1S/C12H22N4O3/c1-4-12(2,10(13)14-19)11(18)16-7-5-6-15(3)9(17)8-16/h19H,4-8H2,1-3H3,(H2,13,14). The van der Waals surface area contributed by atoms with Crippen LogP contribution >= 0.6 is 0 Å². The van der Waals surface area contributed by atoms with Crippen LogP contribution in [0, 0.1) is 5.41 Å². The monoisotopic (exact) mass is 270 g/mol. The van der Waals surface area contributed by atoms with Crippen molar-refractivity contribution in [1.82, 2.24) is 9.80 Å². The molecular weight excluding hydrogens is 248 g/mol. The largest absolute Gasteiger partial charge is 0.409 e. The summed E-state index contributed by atoms with van der Waals surface area (Å²) in [5.41, 5.74) is 4.56. The summed E-state index contributed by atoms with van der Waals surface area (Å²) in [6.45, 7) is 4.60. The number of carbonyl (C=O) groups excluding carboxylic acids is 2. The maximum atomic E-state index is 12.5. The summed E-state index contributed by atoms with van der Waals surface area (Å²) in [4.78, 5) is 27.4. The van der Waals surface area contributed by atoms with Crippen molar-refractivity contribution in [2.24, 2.45) is 16.3 Å². The Morgan fingerprint density at radius 2 is 2.16 bits per heavy atom. The minimum Gasteiger partial charge on any atom is -0.409 e. The van der Waals surface area contributed by atoms with Gasteiger partial charge in [-0.05, 0) is 19.8 Å². The second-order valence-corrected chi connectivity index (χ2v) is 5.07. The number of nitrogens with two attached hydrogens (primary N) is 1. The summed E-state index contributed by atoms with van der Waals surface area (Å²) in [7, 11) is 1.72. The molecule has 3 N–H and O–H groups in total. The molecule has 1 heterocycles. The quantitative estimate of drug-likeness (QED) is 0.322. The van der Waals surface area contributed by atoms with Crippen molar-refractivity contribution in [2.45, 2.75) is 26.7 Å². The van der Waals surface area contributed by atoms with Crippen molar-refractivity contribution in [3.63, 3.8) is 0 Å². The van der Waals surface area contributed by atoms with Crippen LogP contribution in [0.1, 0.15) is 26.7 Å². The maximum absolute atomic E-state index is 12.5. The van der Waals surface area contributed by atoms with Gasteiger partial charge in [0.25, 0.3) is 0 Å². The zero-order valence-electron chi connectivity index (χ0n) is 11.7. The molecule has 0 aromatic heterocycles. The van der Waals surface area contributed by atoms with Gasteiger partial charge < -0.3 is 20.7 Å². The van der Waals surface area contributed by atoms with Gasteiger partial charge in [0.05, 0.1) is 6.54 Å². The Morgan fingerprint density at radius 3 is 2.68 bits per heavy atom. The average molecular weight is 270 g/mol. The predicted octanol–water partition coefficient (Wildman–Crippen LogP) is -0.160. The van der Waals surface area contributed by atoms with E-state index in [0.29, 0.717) is 19.5 Å². The zero-order chi connectivity index (χ0) is 14.6. The summed E-state index contributed by atoms with van der Waals surface area (Å²) < 4.78 is 0. The Bertz CT molecular complexity index is 396. The van der Waals surface area contributed by atoms with E-state index in [1.165, 1.54) is 4.90 Å². The number of amides is 2. The Balaban J connectivity index is 2.95. The fourth-order valence-corrected chi connectivity index (χ4v) is 2.06. The molecule has 1 aliphatic rings. The van der Waals surface area contributed by atoms with E-state index in [9.17, 15) is 9.59 Å². The second-order valence-electron chi connectivity index (χ2n) is 5.07. The smallest absolute Gasteiger partial charge is 0.241 e. The number of carbonyl (C=O) groups is 2. The van der Waals surface area contributed by atoms with E-state index in [1.54, 1.807) is 25.8 Å². The minimum absolute atomic E-state index is 0.0453. The number of amidine groups is 1. The molecule has 0 aliphatic carbocycles. The van der Waals surface area contributed by atoms with Gasteiger partial charge in [-0.2, -0.15) is 0 Å². The van der Waals surface area contributed by atoms with Crippen molar-refractivity contribution in [1.29, 1.82) is 0 Å². The number of nitrogens with zero attached hydrogens (tertiary/aromatic N) is 3. The third kappa shape index (κ3) is 2.97. The van der Waals surface area contributed by atoms with Gasteiger partial charge in [0, 0.05) is 20.1 Å². The Hall–Kier alpha value is -1.79. The SMILES string of the molecule is CCC(C)(C(=O)N1CCCN(C)C(=O)C1)C(N)=NO. The highest BCUT2D eigenvalue weighted by Gasteiger charge is 2.40. The third-order valence-electron chi connectivity index (χ3n) is 3.81. The molecule has 2 amide bonds. The normalized spacial score (nSPS) is 21.0. The highest BCUT2D eigenvalue weighted by atomic mass is 16.4. The van der Waals surface area contributed by atoms with Crippen molar-refractivity contribution in [2.75, 3.05) is 26.7 Å². The van der Waals surface area contributed by atoms with Crippen molar-refractivity contribution in [3.05, 3.63) is 0 Å². The van der Waals surface area contributed by atoms with Gasteiger partial charge in [-0.15, -0.1) is 0 Å². The maximum Gasteiger partial charge on any atom is 0.241 e. The van der Waals surface area contributed by atoms with Crippen LogP contribution in [0.5, 0.6) is 0 Å². The van der Waals surface area contributed by atoms with Crippen LogP contribution in [0.2, 0.25) is 0 Å². The second kappa shape index (κ2) is 5.90. The number of hydrogen-bond acceptors (Lipinski definition) is 4. The minimum atomic E-state index is -1.07. The summed E-state index contributed by atoms with van der Waals surface area (Å²) >= 11 is 0. The van der Waals surface area contributed by atoms with Crippen LogP contribution in [-0.4, -0.2) is 59.3 Å². The number of oxime groups is 1. The molecule has 0 aromatic carbocycles. The van der Waals surface area contributed by atoms with E-state index in [1.807, 2.05) is 0 Å². The molecule has 7 nitrogen and oxygen atoms in total. The Kier molecular flexibility index (Phi) is 4.74. The zero-order valence-corrected chi connectivity index (χ0v) is 11.7. The molecule has 1 unspecified atom stereocenters. The lowest BCUT2D eigenvalue weighted by Crippen LogP contribution is -2.51. The predicted molar refractivity (Wildman–Crippen MR) is 70.6 cm³/mol. The molecule has 108 valence electrons. The van der Waals surface area contributed by atoms with E-state index in [0.717, 1.165) is 6.42 Å². The molecule has 1 fully saturated rings. The van der Waals surface area contributed by atoms with Gasteiger partial charge in [-0.25, -0.2) is 0 Å². The molecule has 0 aromatic rings. The molecule has 19 heavy (non-hydrogen) atoms. The molecular formula is C12H22N4O3. The fraction of sp³-hybridized carbons (Fsp3) is 0.750. The van der Waals surface area contributed by atoms with E-state index in [4.69, 9.17) is 10.9 Å². The average Bonchev–Trinajstić information content (AvgIpc) is 2.58. The van der Waals surface area contributed by atoms with Crippen LogP contribution in [0.3, 0.4) is 0 Å². The van der Waals surface area contributed by atoms with E-state index >= 15 is 0 Å². The first-order chi connectivity index (χ1) is 8.86. The van der Waals surface area contributed by atoms with Crippen LogP contribution in [-0.2, 0) is 9.59 Å². The number of hydrogen-bond donors (Lipinski definition) is 2. The fourth-order valence-electron chi connectivity index (χ4n) is 2.06. The highest BCUT2D eigenvalue weighted by molar-refractivity contribution is 6.07. The van der Waals surface area contributed by atoms with E-state index < -0.39 is 5.41 Å². The molecule has 0 spiro atoms. The first-order valence-electron chi connectivity index (χ1n) is 6.38. The molecule has 1 saturated heterocycles. The molecule has 0 bridgehead atoms. The van der Waals surface area contributed by atoms with Gasteiger partial charge in [-0.3, -0.25) is 9.59 Å².